The molecule has 4 rings (SSSR count). The van der Waals surface area contributed by atoms with E-state index in [1.165, 1.54) is 0 Å². The number of likely N-dealkylation sites (tertiary alicyclic amines) is 1. The molecule has 0 bridgehead atoms. The van der Waals surface area contributed by atoms with Crippen molar-refractivity contribution in [2.24, 2.45) is 0 Å². The predicted molar refractivity (Wildman–Crippen MR) is 138 cm³/mol. The van der Waals surface area contributed by atoms with E-state index in [-0.39, 0.29) is 18.1 Å². The molecule has 1 saturated heterocycles. The SMILES string of the molecule is CC(NC(=O)N(C)C1CCN(C)CC1)c1ccc(-c2cncc(-c3cccs3)c2)c(Cl)c1Cl. The number of aromatic nitrogens is 1. The van der Waals surface area contributed by atoms with Gasteiger partial charge in [-0.25, -0.2) is 4.79 Å². The number of nitrogens with zero attached hydrogens (tertiary/aromatic N) is 3. The molecular formula is C25H28Cl2N4OS. The maximum absolute atomic E-state index is 12.9. The maximum atomic E-state index is 12.9. The molecule has 1 unspecified atom stereocenters. The summed E-state index contributed by atoms with van der Waals surface area (Å²) < 4.78 is 0. The van der Waals surface area contributed by atoms with Crippen molar-refractivity contribution in [3.63, 3.8) is 0 Å². The summed E-state index contributed by atoms with van der Waals surface area (Å²) >= 11 is 15.1. The maximum Gasteiger partial charge on any atom is 0.317 e. The number of carbonyl (C=O) groups is 1. The van der Waals surface area contributed by atoms with Crippen LogP contribution < -0.4 is 5.32 Å². The normalized spacial score (nSPS) is 15.9. The van der Waals surface area contributed by atoms with E-state index in [0.717, 1.165) is 53.1 Å². The van der Waals surface area contributed by atoms with Crippen molar-refractivity contribution in [2.75, 3.05) is 27.2 Å². The number of rotatable bonds is 5. The number of carbonyl (C=O) groups excluding carboxylic acids is 1. The van der Waals surface area contributed by atoms with E-state index < -0.39 is 0 Å². The number of urea groups is 1. The third-order valence-electron chi connectivity index (χ3n) is 6.33. The molecular weight excluding hydrogens is 475 g/mol. The second-order valence-electron chi connectivity index (χ2n) is 8.59. The first kappa shape index (κ1) is 24.0. The highest BCUT2D eigenvalue weighted by molar-refractivity contribution is 7.13. The number of amides is 2. The van der Waals surface area contributed by atoms with Crippen LogP contribution >= 0.6 is 34.5 Å². The zero-order valence-electron chi connectivity index (χ0n) is 19.0. The van der Waals surface area contributed by atoms with Gasteiger partial charge >= 0.3 is 6.03 Å². The Morgan fingerprint density at radius 1 is 1.18 bits per heavy atom. The van der Waals surface area contributed by atoms with Gasteiger partial charge in [-0.05, 0) is 63.0 Å². The standard InChI is InChI=1S/C25H28Cl2N4OS/c1-16(29-25(32)31(3)19-8-10-30(2)11-9-19)20-6-7-21(24(27)23(20)26)17-13-18(15-28-14-17)22-5-4-12-33-22/h4-7,12-16,19H,8-11H2,1-3H3,(H,29,32). The second kappa shape index (κ2) is 10.4. The highest BCUT2D eigenvalue weighted by atomic mass is 35.5. The zero-order chi connectivity index (χ0) is 23.5. The molecule has 5 nitrogen and oxygen atoms in total. The number of benzene rings is 1. The third kappa shape index (κ3) is 5.35. The average molecular weight is 503 g/mol. The largest absolute Gasteiger partial charge is 0.331 e. The van der Waals surface area contributed by atoms with Crippen LogP contribution in [0.4, 0.5) is 4.79 Å². The molecule has 33 heavy (non-hydrogen) atoms. The summed E-state index contributed by atoms with van der Waals surface area (Å²) in [6.45, 7) is 3.93. The Hall–Kier alpha value is -2.12. The number of piperidine rings is 1. The quantitative estimate of drug-likeness (QED) is 0.428. The fourth-order valence-electron chi connectivity index (χ4n) is 4.20. The summed E-state index contributed by atoms with van der Waals surface area (Å²) in [4.78, 5) is 22.5. The lowest BCUT2D eigenvalue weighted by molar-refractivity contribution is 0.146. The van der Waals surface area contributed by atoms with Crippen molar-refractivity contribution in [3.05, 3.63) is 63.7 Å². The van der Waals surface area contributed by atoms with Crippen molar-refractivity contribution in [1.29, 1.82) is 0 Å². The number of pyridine rings is 1. The first-order valence-corrected chi connectivity index (χ1v) is 12.7. The topological polar surface area (TPSA) is 48.5 Å². The van der Waals surface area contributed by atoms with E-state index in [2.05, 4.69) is 34.4 Å². The van der Waals surface area contributed by atoms with Crippen LogP contribution in [0.1, 0.15) is 31.4 Å². The first-order valence-electron chi connectivity index (χ1n) is 11.0. The molecule has 0 radical (unpaired) electrons. The van der Waals surface area contributed by atoms with Gasteiger partial charge in [-0.3, -0.25) is 4.98 Å². The summed E-state index contributed by atoms with van der Waals surface area (Å²) in [5, 5.41) is 6.03. The highest BCUT2D eigenvalue weighted by Crippen LogP contribution is 2.39. The van der Waals surface area contributed by atoms with E-state index in [1.54, 1.807) is 17.5 Å². The number of hydrogen-bond acceptors (Lipinski definition) is 4. The van der Waals surface area contributed by atoms with E-state index in [1.807, 2.05) is 48.6 Å². The lowest BCUT2D eigenvalue weighted by Crippen LogP contribution is -2.48. The minimum atomic E-state index is -0.277. The molecule has 1 aliphatic heterocycles. The average Bonchev–Trinajstić information content (AvgIpc) is 3.36. The zero-order valence-corrected chi connectivity index (χ0v) is 21.3. The Bertz CT molecular complexity index is 1110. The fraction of sp³-hybridized carbons (Fsp3) is 0.360. The summed E-state index contributed by atoms with van der Waals surface area (Å²) in [5.74, 6) is 0. The van der Waals surface area contributed by atoms with Crippen LogP contribution in [0.3, 0.4) is 0 Å². The summed E-state index contributed by atoms with van der Waals surface area (Å²) in [7, 11) is 3.98. The van der Waals surface area contributed by atoms with Crippen molar-refractivity contribution in [2.45, 2.75) is 31.8 Å². The molecule has 0 spiro atoms. The first-order chi connectivity index (χ1) is 15.8. The van der Waals surface area contributed by atoms with Gasteiger partial charge in [0.25, 0.3) is 0 Å². The Morgan fingerprint density at radius 3 is 2.61 bits per heavy atom. The van der Waals surface area contributed by atoms with E-state index >= 15 is 0 Å². The van der Waals surface area contributed by atoms with E-state index in [4.69, 9.17) is 23.2 Å². The Morgan fingerprint density at radius 2 is 1.91 bits per heavy atom. The van der Waals surface area contributed by atoms with Crippen LogP contribution in [-0.2, 0) is 0 Å². The van der Waals surface area contributed by atoms with Crippen LogP contribution in [0.15, 0.2) is 48.1 Å². The van der Waals surface area contributed by atoms with Gasteiger partial charge in [-0.15, -0.1) is 11.3 Å². The van der Waals surface area contributed by atoms with Crippen molar-refractivity contribution in [1.82, 2.24) is 20.1 Å². The lowest BCUT2D eigenvalue weighted by Gasteiger charge is -2.35. The van der Waals surface area contributed by atoms with Crippen molar-refractivity contribution < 1.29 is 4.79 Å². The van der Waals surface area contributed by atoms with Crippen LogP contribution in [-0.4, -0.2) is 54.0 Å². The monoisotopic (exact) mass is 502 g/mol. The lowest BCUT2D eigenvalue weighted by atomic mass is 10.0. The molecule has 2 aromatic heterocycles. The van der Waals surface area contributed by atoms with Gasteiger partial charge in [0.15, 0.2) is 0 Å². The fourth-order valence-corrected chi connectivity index (χ4v) is 5.52. The molecule has 3 heterocycles. The Labute approximate surface area is 209 Å². The highest BCUT2D eigenvalue weighted by Gasteiger charge is 2.25. The van der Waals surface area contributed by atoms with Gasteiger partial charge in [-0.1, -0.05) is 41.4 Å². The Balaban J connectivity index is 1.50. The molecule has 0 saturated carbocycles. The van der Waals surface area contributed by atoms with E-state index in [9.17, 15) is 4.79 Å². The van der Waals surface area contributed by atoms with Gasteiger partial charge < -0.3 is 15.1 Å². The number of nitrogens with one attached hydrogen (secondary N) is 1. The third-order valence-corrected chi connectivity index (χ3v) is 8.15. The predicted octanol–water partition coefficient (Wildman–Crippen LogP) is 6.58. The number of hydrogen-bond donors (Lipinski definition) is 1. The van der Waals surface area contributed by atoms with Crippen LogP contribution in [0.5, 0.6) is 0 Å². The molecule has 2 amide bonds. The molecule has 1 aromatic carbocycles. The van der Waals surface area contributed by atoms with Gasteiger partial charge in [0.1, 0.15) is 0 Å². The molecule has 1 fully saturated rings. The van der Waals surface area contributed by atoms with Crippen LogP contribution in [0, 0.1) is 0 Å². The van der Waals surface area contributed by atoms with Gasteiger partial charge in [-0.2, -0.15) is 0 Å². The smallest absolute Gasteiger partial charge is 0.317 e. The molecule has 174 valence electrons. The molecule has 1 atom stereocenters. The summed E-state index contributed by atoms with van der Waals surface area (Å²) in [6.07, 6.45) is 5.59. The molecule has 8 heteroatoms. The van der Waals surface area contributed by atoms with Gasteiger partial charge in [0.2, 0.25) is 0 Å². The van der Waals surface area contributed by atoms with Gasteiger partial charge in [0.05, 0.1) is 16.1 Å². The number of halogens is 2. The summed E-state index contributed by atoms with van der Waals surface area (Å²) in [6, 6.07) is 9.91. The van der Waals surface area contributed by atoms with Gasteiger partial charge in [0, 0.05) is 47.1 Å². The number of thiophene rings is 1. The molecule has 0 aliphatic carbocycles. The Kier molecular flexibility index (Phi) is 7.59. The second-order valence-corrected chi connectivity index (χ2v) is 10.3. The van der Waals surface area contributed by atoms with Crippen molar-refractivity contribution >= 4 is 40.6 Å². The molecule has 1 aliphatic rings. The molecule has 3 aromatic rings. The van der Waals surface area contributed by atoms with E-state index in [0.29, 0.717) is 10.0 Å². The van der Waals surface area contributed by atoms with Crippen LogP contribution in [0.2, 0.25) is 10.0 Å². The van der Waals surface area contributed by atoms with Crippen LogP contribution in [0.25, 0.3) is 21.6 Å². The summed E-state index contributed by atoms with van der Waals surface area (Å²) in [5.41, 5.74) is 3.55. The minimum Gasteiger partial charge on any atom is -0.331 e. The van der Waals surface area contributed by atoms with Crippen molar-refractivity contribution in [3.8, 4) is 21.6 Å². The minimum absolute atomic E-state index is 0.0961. The molecule has 1 N–H and O–H groups in total.